The Morgan fingerprint density at radius 3 is 2.94 bits per heavy atom. The van der Waals surface area contributed by atoms with Gasteiger partial charge in [-0.3, -0.25) is 4.79 Å². The van der Waals surface area contributed by atoms with Crippen LogP contribution in [0.25, 0.3) is 0 Å². The number of carbonyl (C=O) groups excluding carboxylic acids is 1. The second kappa shape index (κ2) is 5.24. The predicted octanol–water partition coefficient (Wildman–Crippen LogP) is 4.12. The smallest absolute Gasteiger partial charge is 0.176 e. The van der Waals surface area contributed by atoms with Crippen molar-refractivity contribution >= 4 is 29.1 Å². The molecule has 86 valence electrons. The topological polar surface area (TPSA) is 17.1 Å². The third kappa shape index (κ3) is 2.61. The van der Waals surface area contributed by atoms with Crippen LogP contribution in [0, 0.1) is 6.92 Å². The number of rotatable bonds is 2. The summed E-state index contributed by atoms with van der Waals surface area (Å²) in [6.07, 6.45) is 3.42. The fraction of sp³-hybridized carbons (Fsp3) is 0.462. The first-order valence-electron chi connectivity index (χ1n) is 5.60. The van der Waals surface area contributed by atoms with E-state index in [1.54, 1.807) is 17.8 Å². The SMILES string of the molecule is Cc1ccc(Cl)cc1C(=O)C1CCCCS1. The second-order valence-corrected chi connectivity index (χ2v) is 5.93. The lowest BCUT2D eigenvalue weighted by molar-refractivity contribution is 0.0984. The molecule has 0 N–H and O–H groups in total. The standard InChI is InChI=1S/C13H15ClOS/c1-9-5-6-10(14)8-11(9)13(15)12-4-2-3-7-16-12/h5-6,8,12H,2-4,7H2,1H3. The highest BCUT2D eigenvalue weighted by Crippen LogP contribution is 2.29. The van der Waals surface area contributed by atoms with Crippen molar-refractivity contribution in [2.24, 2.45) is 0 Å². The van der Waals surface area contributed by atoms with Crippen molar-refractivity contribution in [3.8, 4) is 0 Å². The summed E-state index contributed by atoms with van der Waals surface area (Å²) in [5, 5.41) is 0.792. The van der Waals surface area contributed by atoms with Crippen molar-refractivity contribution in [3.05, 3.63) is 34.3 Å². The molecule has 0 aromatic heterocycles. The van der Waals surface area contributed by atoms with Gasteiger partial charge in [-0.25, -0.2) is 0 Å². The maximum atomic E-state index is 12.3. The monoisotopic (exact) mass is 254 g/mol. The second-order valence-electron chi connectivity index (χ2n) is 4.18. The normalized spacial score (nSPS) is 20.8. The molecule has 16 heavy (non-hydrogen) atoms. The molecule has 1 aromatic carbocycles. The maximum absolute atomic E-state index is 12.3. The Labute approximate surface area is 106 Å². The van der Waals surface area contributed by atoms with Crippen molar-refractivity contribution in [1.29, 1.82) is 0 Å². The van der Waals surface area contributed by atoms with E-state index in [1.807, 2.05) is 19.1 Å². The molecule has 0 saturated carbocycles. The fourth-order valence-corrected chi connectivity index (χ4v) is 3.42. The van der Waals surface area contributed by atoms with Crippen molar-refractivity contribution < 1.29 is 4.79 Å². The zero-order valence-electron chi connectivity index (χ0n) is 9.33. The number of halogens is 1. The van der Waals surface area contributed by atoms with Crippen LogP contribution >= 0.6 is 23.4 Å². The van der Waals surface area contributed by atoms with Crippen LogP contribution in [0.4, 0.5) is 0 Å². The summed E-state index contributed by atoms with van der Waals surface area (Å²) in [7, 11) is 0. The minimum Gasteiger partial charge on any atom is -0.293 e. The van der Waals surface area contributed by atoms with E-state index in [1.165, 1.54) is 12.8 Å². The molecule has 0 aliphatic carbocycles. The largest absolute Gasteiger partial charge is 0.293 e. The van der Waals surface area contributed by atoms with Gasteiger partial charge >= 0.3 is 0 Å². The molecule has 1 aliphatic rings. The molecule has 2 rings (SSSR count). The molecule has 1 fully saturated rings. The van der Waals surface area contributed by atoms with Gasteiger partial charge in [0, 0.05) is 10.6 Å². The molecule has 0 bridgehead atoms. The van der Waals surface area contributed by atoms with Gasteiger partial charge in [0.25, 0.3) is 0 Å². The van der Waals surface area contributed by atoms with Crippen LogP contribution in [0.1, 0.15) is 35.2 Å². The molecule has 1 atom stereocenters. The molecule has 0 amide bonds. The number of hydrogen-bond donors (Lipinski definition) is 0. The summed E-state index contributed by atoms with van der Waals surface area (Å²) in [4.78, 5) is 12.3. The summed E-state index contributed by atoms with van der Waals surface area (Å²) in [6, 6.07) is 5.55. The van der Waals surface area contributed by atoms with Crippen LogP contribution in [0.15, 0.2) is 18.2 Å². The average Bonchev–Trinajstić information content (AvgIpc) is 2.32. The molecule has 1 heterocycles. The highest BCUT2D eigenvalue weighted by molar-refractivity contribution is 8.00. The number of hydrogen-bond acceptors (Lipinski definition) is 2. The maximum Gasteiger partial charge on any atom is 0.176 e. The van der Waals surface area contributed by atoms with Crippen molar-refractivity contribution in [3.63, 3.8) is 0 Å². The molecule has 1 nitrogen and oxygen atoms in total. The van der Waals surface area contributed by atoms with Crippen LogP contribution < -0.4 is 0 Å². The van der Waals surface area contributed by atoms with Crippen LogP contribution in [-0.2, 0) is 0 Å². The van der Waals surface area contributed by atoms with Crippen molar-refractivity contribution in [1.82, 2.24) is 0 Å². The number of Topliss-reactive ketones (excluding diaryl/α,β-unsaturated/α-hetero) is 1. The third-order valence-electron chi connectivity index (χ3n) is 2.94. The van der Waals surface area contributed by atoms with Gasteiger partial charge in [0.2, 0.25) is 0 Å². The van der Waals surface area contributed by atoms with E-state index >= 15 is 0 Å². The number of thioether (sulfide) groups is 1. The van der Waals surface area contributed by atoms with Crippen LogP contribution in [0.5, 0.6) is 0 Å². The van der Waals surface area contributed by atoms with Gasteiger partial charge in [-0.15, -0.1) is 0 Å². The van der Waals surface area contributed by atoms with E-state index in [4.69, 9.17) is 11.6 Å². The van der Waals surface area contributed by atoms with Gasteiger partial charge in [0.05, 0.1) is 5.25 Å². The Bertz CT molecular complexity index is 397. The predicted molar refractivity (Wildman–Crippen MR) is 70.6 cm³/mol. The number of benzene rings is 1. The zero-order valence-corrected chi connectivity index (χ0v) is 10.9. The van der Waals surface area contributed by atoms with Gasteiger partial charge in [-0.05, 0) is 43.2 Å². The third-order valence-corrected chi connectivity index (χ3v) is 4.55. The Kier molecular flexibility index (Phi) is 3.93. The van der Waals surface area contributed by atoms with E-state index in [0.29, 0.717) is 5.02 Å². The summed E-state index contributed by atoms with van der Waals surface area (Å²) in [6.45, 7) is 1.97. The molecular weight excluding hydrogens is 240 g/mol. The van der Waals surface area contributed by atoms with E-state index in [0.717, 1.165) is 23.3 Å². The van der Waals surface area contributed by atoms with Gasteiger partial charge in [-0.1, -0.05) is 24.1 Å². The van der Waals surface area contributed by atoms with Gasteiger partial charge in [-0.2, -0.15) is 11.8 Å². The molecule has 1 aromatic rings. The van der Waals surface area contributed by atoms with E-state index in [2.05, 4.69) is 0 Å². The Hall–Kier alpha value is -0.470. The van der Waals surface area contributed by atoms with Crippen LogP contribution in [0.2, 0.25) is 5.02 Å². The first kappa shape index (κ1) is 12.0. The Morgan fingerprint density at radius 1 is 1.44 bits per heavy atom. The lowest BCUT2D eigenvalue weighted by atomic mass is 10.00. The quantitative estimate of drug-likeness (QED) is 0.739. The molecule has 0 radical (unpaired) electrons. The minimum absolute atomic E-state index is 0.144. The van der Waals surface area contributed by atoms with Gasteiger partial charge in [0.1, 0.15) is 0 Å². The molecule has 0 spiro atoms. The number of carbonyl (C=O) groups is 1. The fourth-order valence-electron chi connectivity index (χ4n) is 1.98. The summed E-state index contributed by atoms with van der Waals surface area (Å²) in [5.41, 5.74) is 1.83. The van der Waals surface area contributed by atoms with Crippen LogP contribution in [-0.4, -0.2) is 16.8 Å². The molecule has 3 heteroatoms. The van der Waals surface area contributed by atoms with E-state index in [-0.39, 0.29) is 11.0 Å². The number of aryl methyl sites for hydroxylation is 1. The molecule has 1 unspecified atom stereocenters. The Balaban J connectivity index is 2.22. The Morgan fingerprint density at radius 2 is 2.25 bits per heavy atom. The zero-order chi connectivity index (χ0) is 11.5. The lowest BCUT2D eigenvalue weighted by Gasteiger charge is -2.20. The van der Waals surface area contributed by atoms with Crippen LogP contribution in [0.3, 0.4) is 0 Å². The first-order chi connectivity index (χ1) is 7.68. The van der Waals surface area contributed by atoms with E-state index in [9.17, 15) is 4.79 Å². The summed E-state index contributed by atoms with van der Waals surface area (Å²) in [5.74, 6) is 1.36. The molecule has 1 aliphatic heterocycles. The van der Waals surface area contributed by atoms with E-state index < -0.39 is 0 Å². The minimum atomic E-state index is 0.144. The average molecular weight is 255 g/mol. The van der Waals surface area contributed by atoms with Crippen molar-refractivity contribution in [2.75, 3.05) is 5.75 Å². The summed E-state index contributed by atoms with van der Waals surface area (Å²) >= 11 is 7.73. The first-order valence-corrected chi connectivity index (χ1v) is 7.03. The van der Waals surface area contributed by atoms with Gasteiger partial charge in [0.15, 0.2) is 5.78 Å². The number of ketones is 1. The molecular formula is C13H15ClOS. The highest BCUT2D eigenvalue weighted by atomic mass is 35.5. The van der Waals surface area contributed by atoms with Gasteiger partial charge < -0.3 is 0 Å². The van der Waals surface area contributed by atoms with Crippen molar-refractivity contribution in [2.45, 2.75) is 31.4 Å². The highest BCUT2D eigenvalue weighted by Gasteiger charge is 2.24. The molecule has 1 saturated heterocycles. The lowest BCUT2D eigenvalue weighted by Crippen LogP contribution is -2.21. The summed E-state index contributed by atoms with van der Waals surface area (Å²) < 4.78 is 0.